The first-order valence-electron chi connectivity index (χ1n) is 8.83. The normalized spacial score (nSPS) is 15.5. The van der Waals surface area contributed by atoms with Gasteiger partial charge in [-0.3, -0.25) is 4.79 Å². The Morgan fingerprint density at radius 3 is 2.38 bits per heavy atom. The number of sulfonamides is 1. The zero-order chi connectivity index (χ0) is 21.0. The fourth-order valence-corrected chi connectivity index (χ4v) is 5.63. The van der Waals surface area contributed by atoms with Gasteiger partial charge in [-0.25, -0.2) is 12.8 Å². The lowest BCUT2D eigenvalue weighted by Gasteiger charge is -2.34. The second kappa shape index (κ2) is 9.66. The van der Waals surface area contributed by atoms with Crippen LogP contribution in [0.5, 0.6) is 0 Å². The molecule has 0 aliphatic carbocycles. The van der Waals surface area contributed by atoms with Crippen molar-refractivity contribution in [1.82, 2.24) is 9.21 Å². The average molecular weight is 477 g/mol. The third-order valence-corrected chi connectivity index (χ3v) is 8.18. The van der Waals surface area contributed by atoms with E-state index in [0.29, 0.717) is 15.8 Å². The van der Waals surface area contributed by atoms with E-state index in [1.54, 1.807) is 17.0 Å². The molecule has 1 fully saturated rings. The van der Waals surface area contributed by atoms with Crippen molar-refractivity contribution in [3.05, 3.63) is 63.9 Å². The first kappa shape index (κ1) is 22.4. The fourth-order valence-electron chi connectivity index (χ4n) is 2.95. The molecule has 0 radical (unpaired) electrons. The van der Waals surface area contributed by atoms with Gasteiger partial charge in [0.05, 0.1) is 15.8 Å². The van der Waals surface area contributed by atoms with Gasteiger partial charge in [0.2, 0.25) is 15.9 Å². The van der Waals surface area contributed by atoms with Gasteiger partial charge in [-0.2, -0.15) is 4.31 Å². The zero-order valence-corrected chi connectivity index (χ0v) is 18.5. The van der Waals surface area contributed by atoms with E-state index >= 15 is 0 Å². The van der Waals surface area contributed by atoms with Crippen LogP contribution in [-0.2, 0) is 20.6 Å². The van der Waals surface area contributed by atoms with Crippen LogP contribution < -0.4 is 0 Å². The Labute approximate surface area is 183 Å². The molecular weight excluding hydrogens is 458 g/mol. The van der Waals surface area contributed by atoms with Gasteiger partial charge in [0.1, 0.15) is 10.7 Å². The maximum atomic E-state index is 13.9. The van der Waals surface area contributed by atoms with Crippen LogP contribution in [0.3, 0.4) is 0 Å². The minimum atomic E-state index is -3.91. The van der Waals surface area contributed by atoms with Gasteiger partial charge in [0, 0.05) is 31.9 Å². The van der Waals surface area contributed by atoms with Crippen molar-refractivity contribution < 1.29 is 17.6 Å². The molecule has 1 saturated heterocycles. The predicted molar refractivity (Wildman–Crippen MR) is 114 cm³/mol. The summed E-state index contributed by atoms with van der Waals surface area (Å²) in [6.45, 7) is 0.833. The van der Waals surface area contributed by atoms with Gasteiger partial charge in [0.25, 0.3) is 0 Å². The number of carbonyl (C=O) groups is 1. The Bertz CT molecular complexity index is 997. The summed E-state index contributed by atoms with van der Waals surface area (Å²) in [5.74, 6) is 0.0626. The van der Waals surface area contributed by atoms with Crippen molar-refractivity contribution in [1.29, 1.82) is 0 Å². The molecule has 1 aliphatic heterocycles. The molecule has 0 bridgehead atoms. The SMILES string of the molecule is O=C(CSCc1ccc(Cl)c(Cl)c1)N1CCN(S(=O)(=O)c2ccccc2F)CC1. The number of thioether (sulfide) groups is 1. The Kier molecular flexibility index (Phi) is 7.45. The van der Waals surface area contributed by atoms with Gasteiger partial charge in [-0.05, 0) is 29.8 Å². The maximum Gasteiger partial charge on any atom is 0.246 e. The van der Waals surface area contributed by atoms with E-state index in [2.05, 4.69) is 0 Å². The van der Waals surface area contributed by atoms with Crippen LogP contribution in [0.25, 0.3) is 0 Å². The van der Waals surface area contributed by atoms with Gasteiger partial charge >= 0.3 is 0 Å². The summed E-state index contributed by atoms with van der Waals surface area (Å²) in [6.07, 6.45) is 0. The molecule has 29 heavy (non-hydrogen) atoms. The Balaban J connectivity index is 1.50. The van der Waals surface area contributed by atoms with Crippen molar-refractivity contribution in [2.45, 2.75) is 10.6 Å². The molecule has 0 saturated carbocycles. The molecule has 3 rings (SSSR count). The molecule has 0 spiro atoms. The molecule has 2 aromatic rings. The van der Waals surface area contributed by atoms with Crippen LogP contribution in [-0.4, -0.2) is 55.5 Å². The summed E-state index contributed by atoms with van der Waals surface area (Å²) in [5.41, 5.74) is 0.970. The van der Waals surface area contributed by atoms with Gasteiger partial charge in [-0.15, -0.1) is 11.8 Å². The van der Waals surface area contributed by atoms with Crippen LogP contribution in [0, 0.1) is 5.82 Å². The highest BCUT2D eigenvalue weighted by Crippen LogP contribution is 2.25. The van der Waals surface area contributed by atoms with E-state index in [0.717, 1.165) is 11.6 Å². The highest BCUT2D eigenvalue weighted by molar-refractivity contribution is 7.99. The molecule has 156 valence electrons. The third-order valence-electron chi connectivity index (χ3n) is 4.52. The number of nitrogens with zero attached hydrogens (tertiary/aromatic N) is 2. The third kappa shape index (κ3) is 5.44. The van der Waals surface area contributed by atoms with E-state index in [-0.39, 0.29) is 42.7 Å². The first-order chi connectivity index (χ1) is 13.8. The summed E-state index contributed by atoms with van der Waals surface area (Å²) < 4.78 is 40.3. The highest BCUT2D eigenvalue weighted by Gasteiger charge is 2.31. The Morgan fingerprint density at radius 1 is 1.03 bits per heavy atom. The lowest BCUT2D eigenvalue weighted by atomic mass is 10.2. The average Bonchev–Trinajstić information content (AvgIpc) is 2.71. The predicted octanol–water partition coefficient (Wildman–Crippen LogP) is 3.90. The molecule has 10 heteroatoms. The highest BCUT2D eigenvalue weighted by atomic mass is 35.5. The van der Waals surface area contributed by atoms with Crippen molar-refractivity contribution >= 4 is 50.9 Å². The number of piperazine rings is 1. The van der Waals surface area contributed by atoms with Crippen LogP contribution >= 0.6 is 35.0 Å². The molecule has 0 N–H and O–H groups in total. The van der Waals surface area contributed by atoms with E-state index < -0.39 is 15.8 Å². The minimum Gasteiger partial charge on any atom is -0.339 e. The monoisotopic (exact) mass is 476 g/mol. The number of carbonyl (C=O) groups excluding carboxylic acids is 1. The van der Waals surface area contributed by atoms with Gasteiger partial charge in [0.15, 0.2) is 0 Å². The Hall–Kier alpha value is -1.32. The summed E-state index contributed by atoms with van der Waals surface area (Å²) in [6, 6.07) is 10.7. The zero-order valence-electron chi connectivity index (χ0n) is 15.4. The minimum absolute atomic E-state index is 0.0574. The Morgan fingerprint density at radius 2 is 1.72 bits per heavy atom. The number of halogens is 3. The van der Waals surface area contributed by atoms with Crippen LogP contribution in [0.15, 0.2) is 47.4 Å². The number of hydrogen-bond donors (Lipinski definition) is 0. The largest absolute Gasteiger partial charge is 0.339 e. The summed E-state index contributed by atoms with van der Waals surface area (Å²) in [5, 5.41) is 0.961. The summed E-state index contributed by atoms with van der Waals surface area (Å²) in [4.78, 5) is 13.7. The number of benzene rings is 2. The topological polar surface area (TPSA) is 57.7 Å². The number of hydrogen-bond acceptors (Lipinski definition) is 4. The molecule has 1 heterocycles. The fraction of sp³-hybridized carbons (Fsp3) is 0.316. The first-order valence-corrected chi connectivity index (χ1v) is 12.2. The van der Waals surface area contributed by atoms with Crippen molar-refractivity contribution in [2.24, 2.45) is 0 Å². The second-order valence-corrected chi connectivity index (χ2v) is 10.2. The molecule has 0 unspecified atom stereocenters. The van der Waals surface area contributed by atoms with Crippen LogP contribution in [0.2, 0.25) is 10.0 Å². The molecule has 1 amide bonds. The van der Waals surface area contributed by atoms with Crippen LogP contribution in [0.1, 0.15) is 5.56 Å². The van der Waals surface area contributed by atoms with Gasteiger partial charge in [-0.1, -0.05) is 41.4 Å². The molecule has 5 nitrogen and oxygen atoms in total. The smallest absolute Gasteiger partial charge is 0.246 e. The van der Waals surface area contributed by atoms with Gasteiger partial charge < -0.3 is 4.90 Å². The lowest BCUT2D eigenvalue weighted by Crippen LogP contribution is -2.51. The van der Waals surface area contributed by atoms with E-state index in [9.17, 15) is 17.6 Å². The lowest BCUT2D eigenvalue weighted by molar-refractivity contribution is -0.129. The summed E-state index contributed by atoms with van der Waals surface area (Å²) in [7, 11) is -3.91. The quantitative estimate of drug-likeness (QED) is 0.634. The molecule has 2 aromatic carbocycles. The molecule has 1 aliphatic rings. The molecular formula is C19H19Cl2FN2O3S2. The van der Waals surface area contributed by atoms with E-state index in [1.807, 2.05) is 6.07 Å². The molecule has 0 atom stereocenters. The van der Waals surface area contributed by atoms with Crippen molar-refractivity contribution in [3.63, 3.8) is 0 Å². The van der Waals surface area contributed by atoms with Crippen molar-refractivity contribution in [3.8, 4) is 0 Å². The maximum absolute atomic E-state index is 13.9. The second-order valence-electron chi connectivity index (χ2n) is 6.46. The standard InChI is InChI=1S/C19H19Cl2FN2O3S2/c20-15-6-5-14(11-16(15)21)12-28-13-19(25)23-7-9-24(10-8-23)29(26,27)18-4-2-1-3-17(18)22/h1-6,11H,7-10,12-13H2. The van der Waals surface area contributed by atoms with E-state index in [4.69, 9.17) is 23.2 Å². The molecule has 0 aromatic heterocycles. The number of amides is 1. The van der Waals surface area contributed by atoms with Crippen molar-refractivity contribution in [2.75, 3.05) is 31.9 Å². The summed E-state index contributed by atoms with van der Waals surface area (Å²) >= 11 is 13.3. The van der Waals surface area contributed by atoms with Crippen LogP contribution in [0.4, 0.5) is 4.39 Å². The number of rotatable bonds is 6. The van der Waals surface area contributed by atoms with E-state index in [1.165, 1.54) is 34.3 Å².